The summed E-state index contributed by atoms with van der Waals surface area (Å²) < 4.78 is 32.6. The summed E-state index contributed by atoms with van der Waals surface area (Å²) in [4.78, 5) is 24.3. The van der Waals surface area contributed by atoms with E-state index in [1.54, 1.807) is 66.7 Å². The molecule has 0 aliphatic carbocycles. The Morgan fingerprint density at radius 3 is 2.34 bits per heavy atom. The average molecular weight is 454 g/mol. The number of ether oxygens (including phenoxy) is 1. The quantitative estimate of drug-likeness (QED) is 0.546. The number of para-hydroxylation sites is 2. The van der Waals surface area contributed by atoms with Gasteiger partial charge < -0.3 is 15.4 Å². The molecule has 0 saturated heterocycles. The fourth-order valence-electron chi connectivity index (χ4n) is 2.92. The van der Waals surface area contributed by atoms with Crippen LogP contribution in [0.15, 0.2) is 83.8 Å². The largest absolute Gasteiger partial charge is 0.483 e. The molecule has 2 amide bonds. The molecule has 0 aliphatic rings. The molecule has 0 bridgehead atoms. The van der Waals surface area contributed by atoms with Gasteiger partial charge in [0.05, 0.1) is 16.1 Å². The number of carbonyl (C=O) groups is 2. The molecule has 8 nitrogen and oxygen atoms in total. The Morgan fingerprint density at radius 1 is 0.938 bits per heavy atom. The SMILES string of the molecule is CNC(=O)c1ccccc1OCC(=O)Nc1cccc(S(=O)(=O)N(C)c2ccccc2)c1. The molecule has 0 radical (unpaired) electrons. The molecule has 0 fully saturated rings. The van der Waals surface area contributed by atoms with Crippen molar-refractivity contribution in [2.24, 2.45) is 0 Å². The van der Waals surface area contributed by atoms with Crippen LogP contribution >= 0.6 is 0 Å². The topological polar surface area (TPSA) is 105 Å². The van der Waals surface area contributed by atoms with Gasteiger partial charge in [0, 0.05) is 19.8 Å². The van der Waals surface area contributed by atoms with Gasteiger partial charge in [-0.05, 0) is 42.5 Å². The summed E-state index contributed by atoms with van der Waals surface area (Å²) in [6, 6.07) is 21.2. The van der Waals surface area contributed by atoms with Gasteiger partial charge in [0.15, 0.2) is 6.61 Å². The third-order valence-electron chi connectivity index (χ3n) is 4.61. The Kier molecular flexibility index (Phi) is 7.11. The van der Waals surface area contributed by atoms with E-state index in [1.807, 2.05) is 0 Å². The predicted octanol–water partition coefficient (Wildman–Crippen LogP) is 2.89. The molecule has 0 unspecified atom stereocenters. The van der Waals surface area contributed by atoms with Crippen molar-refractivity contribution in [2.45, 2.75) is 4.90 Å². The van der Waals surface area contributed by atoms with E-state index in [0.717, 1.165) is 0 Å². The number of amides is 2. The molecule has 9 heteroatoms. The molecule has 0 atom stereocenters. The van der Waals surface area contributed by atoms with Crippen LogP contribution in [0.25, 0.3) is 0 Å². The molecule has 0 heterocycles. The lowest BCUT2D eigenvalue weighted by molar-refractivity contribution is -0.118. The molecule has 3 aromatic rings. The smallest absolute Gasteiger partial charge is 0.264 e. The lowest BCUT2D eigenvalue weighted by Gasteiger charge is -2.20. The Morgan fingerprint density at radius 2 is 1.62 bits per heavy atom. The second kappa shape index (κ2) is 9.97. The number of benzene rings is 3. The van der Waals surface area contributed by atoms with E-state index in [4.69, 9.17) is 4.74 Å². The van der Waals surface area contributed by atoms with Gasteiger partial charge in [-0.1, -0.05) is 36.4 Å². The summed E-state index contributed by atoms with van der Waals surface area (Å²) in [5.41, 5.74) is 1.13. The van der Waals surface area contributed by atoms with Crippen molar-refractivity contribution in [1.82, 2.24) is 5.32 Å². The van der Waals surface area contributed by atoms with E-state index in [9.17, 15) is 18.0 Å². The summed E-state index contributed by atoms with van der Waals surface area (Å²) in [5, 5.41) is 5.13. The average Bonchev–Trinajstić information content (AvgIpc) is 2.82. The third kappa shape index (κ3) is 5.25. The molecule has 166 valence electrons. The first-order chi connectivity index (χ1) is 15.3. The van der Waals surface area contributed by atoms with Crippen molar-refractivity contribution in [1.29, 1.82) is 0 Å². The molecule has 3 aromatic carbocycles. The number of sulfonamides is 1. The molecular weight excluding hydrogens is 430 g/mol. The van der Waals surface area contributed by atoms with Crippen molar-refractivity contribution in [3.63, 3.8) is 0 Å². The van der Waals surface area contributed by atoms with Gasteiger partial charge >= 0.3 is 0 Å². The summed E-state index contributed by atoms with van der Waals surface area (Å²) in [7, 11) is -0.849. The highest BCUT2D eigenvalue weighted by atomic mass is 32.2. The zero-order valence-corrected chi connectivity index (χ0v) is 18.4. The van der Waals surface area contributed by atoms with E-state index in [0.29, 0.717) is 16.9 Å². The Bertz CT molecular complexity index is 1210. The van der Waals surface area contributed by atoms with Crippen LogP contribution in [0.1, 0.15) is 10.4 Å². The monoisotopic (exact) mass is 453 g/mol. The Labute approximate surface area is 186 Å². The van der Waals surface area contributed by atoms with Crippen LogP contribution in [0.3, 0.4) is 0 Å². The molecule has 0 aromatic heterocycles. The highest BCUT2D eigenvalue weighted by molar-refractivity contribution is 7.92. The van der Waals surface area contributed by atoms with Gasteiger partial charge in [-0.25, -0.2) is 8.42 Å². The van der Waals surface area contributed by atoms with E-state index < -0.39 is 15.9 Å². The summed E-state index contributed by atoms with van der Waals surface area (Å²) in [6.07, 6.45) is 0. The van der Waals surface area contributed by atoms with E-state index in [2.05, 4.69) is 10.6 Å². The highest BCUT2D eigenvalue weighted by Gasteiger charge is 2.21. The summed E-state index contributed by atoms with van der Waals surface area (Å²) in [5.74, 6) is -0.563. The van der Waals surface area contributed by atoms with Gasteiger partial charge in [0.25, 0.3) is 21.8 Å². The van der Waals surface area contributed by atoms with E-state index in [1.165, 1.54) is 30.5 Å². The normalized spacial score (nSPS) is 10.8. The Hall–Kier alpha value is -3.85. The molecule has 0 spiro atoms. The fourth-order valence-corrected chi connectivity index (χ4v) is 4.17. The molecular formula is C23H23N3O5S. The maximum atomic E-state index is 13.0. The van der Waals surface area contributed by atoms with Crippen LogP contribution in [0.5, 0.6) is 5.75 Å². The molecule has 0 saturated carbocycles. The molecule has 0 aliphatic heterocycles. The minimum atomic E-state index is -3.82. The lowest BCUT2D eigenvalue weighted by Crippen LogP contribution is -2.27. The van der Waals surface area contributed by atoms with Gasteiger partial charge in [-0.15, -0.1) is 0 Å². The van der Waals surface area contributed by atoms with Gasteiger partial charge in [0.2, 0.25) is 0 Å². The van der Waals surface area contributed by atoms with Crippen LogP contribution in [-0.2, 0) is 14.8 Å². The van der Waals surface area contributed by atoms with Crippen LogP contribution < -0.4 is 19.7 Å². The minimum Gasteiger partial charge on any atom is -0.483 e. The lowest BCUT2D eigenvalue weighted by atomic mass is 10.2. The van der Waals surface area contributed by atoms with E-state index in [-0.39, 0.29) is 23.2 Å². The first-order valence-electron chi connectivity index (χ1n) is 9.70. The van der Waals surface area contributed by atoms with Gasteiger partial charge in [0.1, 0.15) is 5.75 Å². The minimum absolute atomic E-state index is 0.0348. The maximum absolute atomic E-state index is 13.0. The zero-order valence-electron chi connectivity index (χ0n) is 17.6. The number of nitrogens with one attached hydrogen (secondary N) is 2. The molecule has 32 heavy (non-hydrogen) atoms. The second-order valence-corrected chi connectivity index (χ2v) is 8.72. The maximum Gasteiger partial charge on any atom is 0.264 e. The highest BCUT2D eigenvalue weighted by Crippen LogP contribution is 2.24. The van der Waals surface area contributed by atoms with Crippen LogP contribution in [0.2, 0.25) is 0 Å². The fraction of sp³-hybridized carbons (Fsp3) is 0.130. The number of carbonyl (C=O) groups excluding carboxylic acids is 2. The van der Waals surface area contributed by atoms with Crippen molar-refractivity contribution >= 4 is 33.2 Å². The predicted molar refractivity (Wildman–Crippen MR) is 122 cm³/mol. The zero-order chi connectivity index (χ0) is 23.1. The summed E-state index contributed by atoms with van der Waals surface area (Å²) >= 11 is 0. The Balaban J connectivity index is 1.70. The number of rotatable bonds is 8. The number of hydrogen-bond donors (Lipinski definition) is 2. The molecule has 2 N–H and O–H groups in total. The first kappa shape index (κ1) is 22.8. The van der Waals surface area contributed by atoms with Crippen molar-refractivity contribution in [2.75, 3.05) is 30.3 Å². The number of hydrogen-bond acceptors (Lipinski definition) is 5. The van der Waals surface area contributed by atoms with Crippen LogP contribution in [-0.4, -0.2) is 40.9 Å². The number of anilines is 2. The third-order valence-corrected chi connectivity index (χ3v) is 6.40. The van der Waals surface area contributed by atoms with Crippen molar-refractivity contribution < 1.29 is 22.7 Å². The van der Waals surface area contributed by atoms with Crippen LogP contribution in [0, 0.1) is 0 Å². The standard InChI is InChI=1S/C23H23N3O5S/c1-24-23(28)20-13-6-7-14-21(20)31-16-22(27)25-17-9-8-12-19(15-17)32(29,30)26(2)18-10-4-3-5-11-18/h3-15H,16H2,1-2H3,(H,24,28)(H,25,27). The van der Waals surface area contributed by atoms with Gasteiger partial charge in [-0.2, -0.15) is 0 Å². The second-order valence-electron chi connectivity index (χ2n) is 6.75. The van der Waals surface area contributed by atoms with Crippen molar-refractivity contribution in [3.05, 3.63) is 84.4 Å². The molecule has 3 rings (SSSR count). The van der Waals surface area contributed by atoms with E-state index >= 15 is 0 Å². The number of nitrogens with zero attached hydrogens (tertiary/aromatic N) is 1. The van der Waals surface area contributed by atoms with Gasteiger partial charge in [-0.3, -0.25) is 13.9 Å². The van der Waals surface area contributed by atoms with Crippen LogP contribution in [0.4, 0.5) is 11.4 Å². The van der Waals surface area contributed by atoms with Crippen molar-refractivity contribution in [3.8, 4) is 5.75 Å². The summed E-state index contributed by atoms with van der Waals surface area (Å²) in [6.45, 7) is -0.352. The first-order valence-corrected chi connectivity index (χ1v) is 11.1.